The van der Waals surface area contributed by atoms with E-state index in [-0.39, 0.29) is 17.7 Å². The average molecular weight is 1580 g/mol. The molecule has 602 valence electrons. The fourth-order valence-corrected chi connectivity index (χ4v) is 14.3. The molecule has 0 saturated carbocycles. The Morgan fingerprint density at radius 1 is 0.322 bits per heavy atom. The molecule has 0 spiro atoms. The zero-order valence-corrected chi connectivity index (χ0v) is 63.8. The van der Waals surface area contributed by atoms with Crippen molar-refractivity contribution in [1.82, 2.24) is 51.1 Å². The van der Waals surface area contributed by atoms with Crippen LogP contribution >= 0.6 is 0 Å². The molecular formula is C82H86N10O23. The Morgan fingerprint density at radius 3 is 0.765 bits per heavy atom. The van der Waals surface area contributed by atoms with Gasteiger partial charge in [-0.05, 0) is 88.8 Å². The Kier molecular flexibility index (Phi) is 25.8. The lowest BCUT2D eigenvalue weighted by Crippen LogP contribution is -2.54. The summed E-state index contributed by atoms with van der Waals surface area (Å²) in [6.07, 6.45) is -17.0. The van der Waals surface area contributed by atoms with Crippen LogP contribution in [0, 0.1) is 0 Å². The van der Waals surface area contributed by atoms with Gasteiger partial charge in [0.05, 0.1) is 62.3 Å². The minimum atomic E-state index is -1.79. The van der Waals surface area contributed by atoms with Crippen LogP contribution in [0.3, 0.4) is 0 Å². The summed E-state index contributed by atoms with van der Waals surface area (Å²) in [5.74, 6) is -10.1. The molecule has 5 N–H and O–H groups in total. The van der Waals surface area contributed by atoms with Gasteiger partial charge in [0, 0.05) is 0 Å². The number of benzene rings is 6. The maximum absolute atomic E-state index is 15.0. The molecule has 0 aromatic heterocycles. The number of carbonyl (C=O) groups is 16. The lowest BCUT2D eigenvalue weighted by atomic mass is 9.99. The van der Waals surface area contributed by atoms with Crippen molar-refractivity contribution >= 4 is 95.7 Å². The first-order chi connectivity index (χ1) is 54.8. The number of rotatable bonds is 27. The summed E-state index contributed by atoms with van der Waals surface area (Å²) in [5, 5.41) is 13.6. The number of nitrogens with one attached hydrogen (secondary N) is 5. The lowest BCUT2D eigenvalue weighted by Gasteiger charge is -2.29. The number of nitrogens with zero attached hydrogens (tertiary/aromatic N) is 5. The van der Waals surface area contributed by atoms with Crippen molar-refractivity contribution in [2.45, 2.75) is 191 Å². The van der Waals surface area contributed by atoms with Gasteiger partial charge in [0.1, 0.15) is 42.7 Å². The van der Waals surface area contributed by atoms with E-state index in [4.69, 9.17) is 33.2 Å². The summed E-state index contributed by atoms with van der Waals surface area (Å²) in [7, 11) is 0. The van der Waals surface area contributed by atoms with Gasteiger partial charge in [-0.3, -0.25) is 43.2 Å². The zero-order chi connectivity index (χ0) is 82.7. The maximum atomic E-state index is 15.0. The third kappa shape index (κ3) is 19.4. The molecule has 5 fully saturated rings. The molecule has 0 radical (unpaired) electrons. The maximum Gasteiger partial charge on any atom is 0.417 e. The summed E-state index contributed by atoms with van der Waals surface area (Å²) < 4.78 is 38.2. The van der Waals surface area contributed by atoms with Gasteiger partial charge in [-0.1, -0.05) is 182 Å². The van der Waals surface area contributed by atoms with Crippen LogP contribution in [-0.4, -0.2) is 187 Å². The highest BCUT2D eigenvalue weighted by molar-refractivity contribution is 6.05. The van der Waals surface area contributed by atoms with Crippen LogP contribution < -0.4 is 26.6 Å². The minimum absolute atomic E-state index is 0.182. The van der Waals surface area contributed by atoms with Crippen molar-refractivity contribution < 1.29 is 110 Å². The van der Waals surface area contributed by atoms with E-state index >= 15 is 0 Å². The molecular weight excluding hydrogens is 1490 g/mol. The van der Waals surface area contributed by atoms with Crippen molar-refractivity contribution in [3.63, 3.8) is 0 Å². The Morgan fingerprint density at radius 2 is 0.530 bits per heavy atom. The van der Waals surface area contributed by atoms with Crippen molar-refractivity contribution in [2.75, 3.05) is 0 Å². The van der Waals surface area contributed by atoms with Crippen molar-refractivity contribution in [3.05, 3.63) is 215 Å². The molecule has 11 rings (SSSR count). The molecule has 6 aromatic rings. The molecule has 5 heterocycles. The highest BCUT2D eigenvalue weighted by Gasteiger charge is 2.55. The van der Waals surface area contributed by atoms with Gasteiger partial charge in [-0.2, -0.15) is 0 Å². The van der Waals surface area contributed by atoms with E-state index in [1.807, 2.05) is 0 Å². The van der Waals surface area contributed by atoms with Crippen molar-refractivity contribution in [1.29, 1.82) is 0 Å². The molecule has 6 aromatic carbocycles. The van der Waals surface area contributed by atoms with Crippen LogP contribution in [0.2, 0.25) is 0 Å². The predicted octanol–water partition coefficient (Wildman–Crippen LogP) is 8.06. The summed E-state index contributed by atoms with van der Waals surface area (Å²) in [6.45, 7) is 11.5. The van der Waals surface area contributed by atoms with Gasteiger partial charge in [-0.15, -0.1) is 0 Å². The molecule has 5 aliphatic heterocycles. The van der Waals surface area contributed by atoms with Crippen LogP contribution in [-0.2, 0) is 87.7 Å². The van der Waals surface area contributed by atoms with Crippen molar-refractivity contribution in [2.24, 2.45) is 0 Å². The van der Waals surface area contributed by atoms with E-state index in [1.54, 1.807) is 178 Å². The summed E-state index contributed by atoms with van der Waals surface area (Å²) in [5.41, 5.74) is 1.31. The quantitative estimate of drug-likeness (QED) is 0.0240. The van der Waals surface area contributed by atoms with E-state index in [9.17, 15) is 76.7 Å². The zero-order valence-electron chi connectivity index (χ0n) is 63.8. The fraction of sp³-hybridized carbons (Fsp3) is 0.366. The number of carbonyl (C=O) groups excluding carboxylic acids is 16. The Hall–Kier alpha value is -13.4. The number of amides is 15. The van der Waals surface area contributed by atoms with Gasteiger partial charge >= 0.3 is 42.5 Å². The standard InChI is InChI=1S/C82H86N10O23/c1-45-66(71(98)84-57(52-31-19-11-20-32-52)40-63(95)90-68(47(3)112-79(90)106)73(100)86-59(54-35-23-13-24-36-54)42-65(97)92-70(49(5)114-81(92)108)75(102)109-44-50-27-15-9-16-28-50)88(77(104)110-45)61(93)39-56(51-29-17-10-18-30-51)83-72(99)67-46(2)111-78(105)89(67)62(94)41-58(53-33-21-12-22-34-53)85-74(101)69-48(4)113-80(107)91(69)64(96)43-60(55-37-25-14-26-38-55)87-76(103)115-82(6,7)8/h9-38,45-49,56-60,66-70H,39-44H2,1-8H3,(H,83,99)(H,84,98)(H,85,101)(H,86,100)(H,87,103)/t45-,46-,47-,48-,49-,56-,57-,58-,59-,60-,66+,67+,68+,69+,70+/m0/s1. The second kappa shape index (κ2) is 36.0. The topological polar surface area (TPSA) is 414 Å². The molecule has 115 heavy (non-hydrogen) atoms. The predicted molar refractivity (Wildman–Crippen MR) is 400 cm³/mol. The normalized spacial score (nSPS) is 22.3. The Balaban J connectivity index is 0.775. The van der Waals surface area contributed by atoms with Crippen LogP contribution in [0.15, 0.2) is 182 Å². The van der Waals surface area contributed by atoms with Crippen LogP contribution in [0.1, 0.15) is 151 Å². The minimum Gasteiger partial charge on any atom is -0.459 e. The molecule has 5 aliphatic rings. The molecule has 33 nitrogen and oxygen atoms in total. The number of imide groups is 5. The third-order valence-electron chi connectivity index (χ3n) is 19.8. The van der Waals surface area contributed by atoms with Crippen LogP contribution in [0.25, 0.3) is 0 Å². The van der Waals surface area contributed by atoms with E-state index in [0.717, 1.165) is 0 Å². The second-order valence-corrected chi connectivity index (χ2v) is 29.1. The lowest BCUT2D eigenvalue weighted by molar-refractivity contribution is -0.154. The van der Waals surface area contributed by atoms with Gasteiger partial charge in [0.15, 0.2) is 30.2 Å². The summed E-state index contributed by atoms with van der Waals surface area (Å²) in [4.78, 5) is 231. The summed E-state index contributed by atoms with van der Waals surface area (Å²) in [6, 6.07) is 33.7. The van der Waals surface area contributed by atoms with Gasteiger partial charge < -0.3 is 59.7 Å². The molecule has 0 unspecified atom stereocenters. The number of hydrogen-bond acceptors (Lipinski definition) is 23. The number of hydrogen-bond donors (Lipinski definition) is 5. The van der Waals surface area contributed by atoms with Gasteiger partial charge in [0.2, 0.25) is 53.2 Å². The molecule has 5 saturated heterocycles. The highest BCUT2D eigenvalue weighted by Crippen LogP contribution is 2.34. The van der Waals surface area contributed by atoms with Crippen LogP contribution in [0.5, 0.6) is 0 Å². The first kappa shape index (κ1) is 82.6. The molecule has 15 amide bonds. The average Bonchev–Trinajstić information content (AvgIpc) is 1.67. The smallest absolute Gasteiger partial charge is 0.417 e. The Labute approximate surface area is 659 Å². The van der Waals surface area contributed by atoms with E-state index in [0.29, 0.717) is 46.8 Å². The first-order valence-corrected chi connectivity index (χ1v) is 37.2. The second-order valence-electron chi connectivity index (χ2n) is 29.1. The largest absolute Gasteiger partial charge is 0.459 e. The van der Waals surface area contributed by atoms with E-state index in [2.05, 4.69) is 26.6 Å². The number of alkyl carbamates (subject to hydrolysis) is 1. The number of esters is 1. The number of ether oxygens (including phenoxy) is 7. The third-order valence-corrected chi connectivity index (χ3v) is 19.8. The monoisotopic (exact) mass is 1580 g/mol. The molecule has 15 atom stereocenters. The highest BCUT2D eigenvalue weighted by atomic mass is 16.6. The molecule has 0 bridgehead atoms. The number of cyclic esters (lactones) is 5. The van der Waals surface area contributed by atoms with Gasteiger partial charge in [-0.25, -0.2) is 58.1 Å². The SMILES string of the molecule is C[C@@H]1OC(=O)N(C(=O)C[C@H](NC(=O)OC(C)(C)C)c2ccccc2)[C@H]1C(=O)N[C@@H](CC(=O)N1C(=O)O[C@@H](C)[C@@H]1C(=O)N[C@@H](CC(=O)N1C(=O)O[C@@H](C)[C@@H]1C(=O)N[C@@H](CC(=O)N1C(=O)O[C@@H](C)[C@@H]1C(=O)N[C@@H](CC(=O)N1C(=O)O[C@@H](C)[C@@H]1C(=O)OCc1ccccc1)c1ccccc1)c1ccccc1)c1ccccc1)c1ccccc1. The van der Waals surface area contributed by atoms with E-state index in [1.165, 1.54) is 58.9 Å². The molecule has 0 aliphatic carbocycles. The van der Waals surface area contributed by atoms with Crippen LogP contribution in [0.4, 0.5) is 28.8 Å². The van der Waals surface area contributed by atoms with E-state index < -0.39 is 224 Å². The van der Waals surface area contributed by atoms with Crippen molar-refractivity contribution in [3.8, 4) is 0 Å². The fourth-order valence-electron chi connectivity index (χ4n) is 14.3. The Bertz CT molecular complexity index is 4680. The first-order valence-electron chi connectivity index (χ1n) is 37.2. The summed E-state index contributed by atoms with van der Waals surface area (Å²) >= 11 is 0. The molecule has 33 heteroatoms. The van der Waals surface area contributed by atoms with Gasteiger partial charge in [0.25, 0.3) is 0 Å².